The summed E-state index contributed by atoms with van der Waals surface area (Å²) < 4.78 is 0. The number of phenolic OH excluding ortho intramolecular Hbond substituents is 2. The highest BCUT2D eigenvalue weighted by Crippen LogP contribution is 2.46. The molecule has 0 saturated carbocycles. The van der Waals surface area contributed by atoms with Gasteiger partial charge in [-0.15, -0.1) is 0 Å². The van der Waals surface area contributed by atoms with Crippen molar-refractivity contribution in [3.8, 4) is 11.5 Å². The molecule has 276 valence electrons. The zero-order chi connectivity index (χ0) is 39.0. The number of nitrogens with zero attached hydrogens (tertiary/aromatic N) is 2. The zero-order valence-corrected chi connectivity index (χ0v) is 31.6. The maximum Gasteiger partial charge on any atom is 0.117 e. The first-order chi connectivity index (χ1) is 28.6. The summed E-state index contributed by atoms with van der Waals surface area (Å²) in [4.78, 5) is 4.44. The molecule has 0 atom stereocenters. The van der Waals surface area contributed by atoms with E-state index in [0.717, 1.165) is 34.1 Å². The fourth-order valence-corrected chi connectivity index (χ4v) is 8.40. The molecule has 4 nitrogen and oxygen atoms in total. The highest BCUT2D eigenvalue weighted by Gasteiger charge is 2.20. The molecule has 0 aliphatic rings. The van der Waals surface area contributed by atoms with Gasteiger partial charge in [-0.3, -0.25) is 0 Å². The largest absolute Gasteiger partial charge is 0.508 e. The Morgan fingerprint density at radius 2 is 0.707 bits per heavy atom. The summed E-state index contributed by atoms with van der Waals surface area (Å²) in [5, 5.41) is 32.6. The van der Waals surface area contributed by atoms with Crippen molar-refractivity contribution >= 4 is 88.0 Å². The standard InChI is InChI=1S/C28H19NO.C26H19NO/c30-24-11-5-10-23(18-24)29(22-8-2-1-3-9-22)26-17-15-21-13-12-19-6-4-7-20-14-16-25(26)28(21)27(19)20;28-23-14-8-13-22(18-23)27(21-11-2-1-3-12-21)26-24-15-6-4-9-19(24)17-20-10-5-7-16-25(20)26/h1-18,30H;1-18,28H. The first-order valence-corrected chi connectivity index (χ1v) is 19.5. The van der Waals surface area contributed by atoms with E-state index in [0.29, 0.717) is 0 Å². The number of benzene rings is 11. The number of rotatable bonds is 6. The quantitative estimate of drug-likeness (QED) is 0.131. The molecule has 0 radical (unpaired) electrons. The molecule has 11 aromatic carbocycles. The van der Waals surface area contributed by atoms with E-state index in [9.17, 15) is 10.2 Å². The average Bonchev–Trinajstić information content (AvgIpc) is 3.27. The van der Waals surface area contributed by atoms with Crippen molar-refractivity contribution in [1.29, 1.82) is 0 Å². The smallest absolute Gasteiger partial charge is 0.117 e. The van der Waals surface area contributed by atoms with Crippen LogP contribution in [0.15, 0.2) is 218 Å². The van der Waals surface area contributed by atoms with Gasteiger partial charge in [-0.05, 0) is 98.4 Å². The Balaban J connectivity index is 0.000000141. The molecule has 0 amide bonds. The van der Waals surface area contributed by atoms with E-state index >= 15 is 0 Å². The van der Waals surface area contributed by atoms with Gasteiger partial charge in [0.25, 0.3) is 0 Å². The van der Waals surface area contributed by atoms with Crippen LogP contribution < -0.4 is 9.80 Å². The summed E-state index contributed by atoms with van der Waals surface area (Å²) in [6.45, 7) is 0. The Morgan fingerprint density at radius 3 is 1.29 bits per heavy atom. The minimum Gasteiger partial charge on any atom is -0.508 e. The number of para-hydroxylation sites is 2. The zero-order valence-electron chi connectivity index (χ0n) is 31.6. The van der Waals surface area contributed by atoms with Crippen LogP contribution in [-0.2, 0) is 0 Å². The van der Waals surface area contributed by atoms with Gasteiger partial charge in [0.1, 0.15) is 11.5 Å². The number of fused-ring (bicyclic) bond motifs is 2. The van der Waals surface area contributed by atoms with Gasteiger partial charge in [0.15, 0.2) is 0 Å². The molecule has 0 unspecified atom stereocenters. The van der Waals surface area contributed by atoms with Gasteiger partial charge in [-0.25, -0.2) is 0 Å². The lowest BCUT2D eigenvalue weighted by Gasteiger charge is -2.28. The number of hydrogen-bond acceptors (Lipinski definition) is 4. The number of anilines is 6. The molecule has 0 fully saturated rings. The van der Waals surface area contributed by atoms with Gasteiger partial charge in [-0.1, -0.05) is 146 Å². The van der Waals surface area contributed by atoms with E-state index in [-0.39, 0.29) is 11.5 Å². The first kappa shape index (κ1) is 34.7. The molecule has 0 bridgehead atoms. The second-order valence-electron chi connectivity index (χ2n) is 14.5. The summed E-state index contributed by atoms with van der Waals surface area (Å²) in [7, 11) is 0. The van der Waals surface area contributed by atoms with Gasteiger partial charge in [-0.2, -0.15) is 0 Å². The van der Waals surface area contributed by atoms with E-state index in [4.69, 9.17) is 0 Å². The second kappa shape index (κ2) is 14.7. The summed E-state index contributed by atoms with van der Waals surface area (Å²) in [6.07, 6.45) is 0. The molecule has 0 heterocycles. The molecule has 0 aliphatic carbocycles. The molecule has 0 spiro atoms. The Kier molecular flexibility index (Phi) is 8.77. The third kappa shape index (κ3) is 6.23. The summed E-state index contributed by atoms with van der Waals surface area (Å²) in [5.74, 6) is 0.508. The van der Waals surface area contributed by atoms with E-state index in [1.807, 2.05) is 72.8 Å². The lowest BCUT2D eigenvalue weighted by atomic mass is 9.93. The Labute approximate surface area is 336 Å². The molecule has 0 aromatic heterocycles. The lowest BCUT2D eigenvalue weighted by molar-refractivity contribution is 0.475. The predicted molar refractivity (Wildman–Crippen MR) is 244 cm³/mol. The van der Waals surface area contributed by atoms with Crippen LogP contribution in [0.4, 0.5) is 34.1 Å². The maximum atomic E-state index is 10.2. The number of phenols is 2. The lowest BCUT2D eigenvalue weighted by Crippen LogP contribution is -2.11. The maximum absolute atomic E-state index is 10.2. The van der Waals surface area contributed by atoms with Crippen molar-refractivity contribution in [3.05, 3.63) is 218 Å². The monoisotopic (exact) mass is 746 g/mol. The topological polar surface area (TPSA) is 46.9 Å². The molecular formula is C54H38N2O2. The predicted octanol–water partition coefficient (Wildman–Crippen LogP) is 14.9. The van der Waals surface area contributed by atoms with Gasteiger partial charge < -0.3 is 20.0 Å². The van der Waals surface area contributed by atoms with Gasteiger partial charge in [0.05, 0.1) is 11.4 Å². The van der Waals surface area contributed by atoms with Crippen molar-refractivity contribution in [2.45, 2.75) is 0 Å². The second-order valence-corrected chi connectivity index (χ2v) is 14.5. The van der Waals surface area contributed by atoms with E-state index in [1.165, 1.54) is 53.9 Å². The fraction of sp³-hybridized carbons (Fsp3) is 0. The van der Waals surface area contributed by atoms with Crippen LogP contribution in [0.3, 0.4) is 0 Å². The summed E-state index contributed by atoms with van der Waals surface area (Å²) in [6, 6.07) is 74.3. The molecule has 11 aromatic rings. The Bertz CT molecular complexity index is 3150. The minimum atomic E-state index is 0.253. The molecular weight excluding hydrogens is 709 g/mol. The highest BCUT2D eigenvalue weighted by molar-refractivity contribution is 6.25. The first-order valence-electron chi connectivity index (χ1n) is 19.5. The summed E-state index contributed by atoms with van der Waals surface area (Å²) >= 11 is 0. The van der Waals surface area contributed by atoms with Crippen LogP contribution in [-0.4, -0.2) is 10.2 Å². The van der Waals surface area contributed by atoms with Crippen LogP contribution in [0.1, 0.15) is 0 Å². The van der Waals surface area contributed by atoms with Crippen molar-refractivity contribution in [3.63, 3.8) is 0 Å². The Morgan fingerprint density at radius 1 is 0.276 bits per heavy atom. The van der Waals surface area contributed by atoms with Crippen molar-refractivity contribution < 1.29 is 10.2 Å². The molecule has 0 aliphatic heterocycles. The molecule has 2 N–H and O–H groups in total. The van der Waals surface area contributed by atoms with Crippen LogP contribution >= 0.6 is 0 Å². The van der Waals surface area contributed by atoms with E-state index < -0.39 is 0 Å². The normalized spacial score (nSPS) is 11.2. The van der Waals surface area contributed by atoms with Crippen molar-refractivity contribution in [2.75, 3.05) is 9.80 Å². The minimum absolute atomic E-state index is 0.253. The SMILES string of the molecule is Oc1cccc(N(c2ccccc2)c2c3ccccc3cc3ccccc23)c1.Oc1cccc(N(c2ccccc2)c2ccc3ccc4cccc5ccc2c3c45)c1. The van der Waals surface area contributed by atoms with Crippen LogP contribution in [0.2, 0.25) is 0 Å². The van der Waals surface area contributed by atoms with Gasteiger partial charge in [0, 0.05) is 51.0 Å². The molecule has 11 rings (SSSR count). The Hall–Kier alpha value is -7.82. The van der Waals surface area contributed by atoms with E-state index in [1.54, 1.807) is 12.1 Å². The van der Waals surface area contributed by atoms with Crippen LogP contribution in [0, 0.1) is 0 Å². The van der Waals surface area contributed by atoms with Crippen molar-refractivity contribution in [2.24, 2.45) is 0 Å². The summed E-state index contributed by atoms with van der Waals surface area (Å²) in [5.41, 5.74) is 6.17. The highest BCUT2D eigenvalue weighted by atomic mass is 16.3. The third-order valence-corrected chi connectivity index (χ3v) is 10.9. The van der Waals surface area contributed by atoms with Crippen LogP contribution in [0.5, 0.6) is 11.5 Å². The number of aromatic hydroxyl groups is 2. The molecule has 0 saturated heterocycles. The third-order valence-electron chi connectivity index (χ3n) is 10.9. The van der Waals surface area contributed by atoms with Gasteiger partial charge >= 0.3 is 0 Å². The fourth-order valence-electron chi connectivity index (χ4n) is 8.40. The molecule has 4 heteroatoms. The average molecular weight is 747 g/mol. The molecule has 58 heavy (non-hydrogen) atoms. The van der Waals surface area contributed by atoms with Crippen LogP contribution in [0.25, 0.3) is 53.9 Å². The number of hydrogen-bond donors (Lipinski definition) is 2. The van der Waals surface area contributed by atoms with Crippen molar-refractivity contribution in [1.82, 2.24) is 0 Å². The van der Waals surface area contributed by atoms with Gasteiger partial charge in [0.2, 0.25) is 0 Å². The van der Waals surface area contributed by atoms with E-state index in [2.05, 4.69) is 143 Å².